The average molecular weight is 370 g/mol. The third kappa shape index (κ3) is 4.31. The predicted octanol–water partition coefficient (Wildman–Crippen LogP) is 0.938. The van der Waals surface area contributed by atoms with Crippen molar-refractivity contribution in [3.05, 3.63) is 47.5 Å². The van der Waals surface area contributed by atoms with Crippen molar-refractivity contribution in [1.29, 1.82) is 0 Å². The largest absolute Gasteiger partial charge is 0.508 e. The smallest absolute Gasteiger partial charge is 0.356 e. The molecule has 136 valence electrons. The highest BCUT2D eigenvalue weighted by atomic mass is 31.2. The van der Waals surface area contributed by atoms with E-state index in [2.05, 4.69) is 0 Å². The van der Waals surface area contributed by atoms with Crippen LogP contribution in [0, 0.1) is 0 Å². The van der Waals surface area contributed by atoms with Gasteiger partial charge in [0.25, 0.3) is 0 Å². The Morgan fingerprint density at radius 1 is 1.00 bits per heavy atom. The molecule has 0 heterocycles. The number of phenolic OH excluding ortho intramolecular Hbond substituents is 3. The van der Waals surface area contributed by atoms with Crippen LogP contribution in [0.3, 0.4) is 0 Å². The monoisotopic (exact) mass is 370 g/mol. The molecule has 1 unspecified atom stereocenters. The number of benzene rings is 2. The van der Waals surface area contributed by atoms with Crippen molar-refractivity contribution in [2.75, 3.05) is 0 Å². The van der Waals surface area contributed by atoms with Gasteiger partial charge in [-0.2, -0.15) is 0 Å². The SMILES string of the molecule is CC(CC(O)(O)c1c(O)cc(O)cc1P(=O)(O)O)c1ccc(O)cc1. The summed E-state index contributed by atoms with van der Waals surface area (Å²) in [4.78, 5) is 18.8. The van der Waals surface area contributed by atoms with Crippen molar-refractivity contribution >= 4 is 12.9 Å². The molecule has 0 fully saturated rings. The molecule has 2 aromatic rings. The average Bonchev–Trinajstić information content (AvgIpc) is 2.45. The fourth-order valence-corrected chi connectivity index (χ4v) is 3.57. The Morgan fingerprint density at radius 3 is 2.08 bits per heavy atom. The Balaban J connectivity index is 2.45. The first-order valence-corrected chi connectivity index (χ1v) is 8.89. The van der Waals surface area contributed by atoms with E-state index in [0.29, 0.717) is 11.6 Å². The number of aliphatic hydroxyl groups is 2. The van der Waals surface area contributed by atoms with Crippen molar-refractivity contribution in [2.45, 2.75) is 25.0 Å². The molecule has 0 bridgehead atoms. The summed E-state index contributed by atoms with van der Waals surface area (Å²) >= 11 is 0. The van der Waals surface area contributed by atoms with Crippen LogP contribution in [0.4, 0.5) is 0 Å². The van der Waals surface area contributed by atoms with Crippen molar-refractivity contribution in [3.63, 3.8) is 0 Å². The third-order valence-electron chi connectivity index (χ3n) is 3.85. The van der Waals surface area contributed by atoms with E-state index in [4.69, 9.17) is 0 Å². The van der Waals surface area contributed by atoms with Gasteiger partial charge in [-0.1, -0.05) is 19.1 Å². The summed E-state index contributed by atoms with van der Waals surface area (Å²) in [5, 5.41) is 48.6. The van der Waals surface area contributed by atoms with Crippen LogP contribution >= 0.6 is 7.60 Å². The Labute approximate surface area is 143 Å². The van der Waals surface area contributed by atoms with Gasteiger partial charge in [0.1, 0.15) is 17.2 Å². The number of hydrogen-bond donors (Lipinski definition) is 7. The van der Waals surface area contributed by atoms with Crippen molar-refractivity contribution in [3.8, 4) is 17.2 Å². The number of hydrogen-bond acceptors (Lipinski definition) is 6. The molecule has 0 radical (unpaired) electrons. The van der Waals surface area contributed by atoms with Crippen LogP contribution in [-0.2, 0) is 10.4 Å². The van der Waals surface area contributed by atoms with Gasteiger partial charge in [0, 0.05) is 12.5 Å². The van der Waals surface area contributed by atoms with Crippen LogP contribution < -0.4 is 5.30 Å². The lowest BCUT2D eigenvalue weighted by Crippen LogP contribution is -2.33. The zero-order valence-corrected chi connectivity index (χ0v) is 14.1. The molecule has 7 N–H and O–H groups in total. The lowest BCUT2D eigenvalue weighted by atomic mass is 9.89. The highest BCUT2D eigenvalue weighted by Gasteiger charge is 2.39. The van der Waals surface area contributed by atoms with Gasteiger partial charge in [-0.15, -0.1) is 0 Å². The highest BCUT2D eigenvalue weighted by Crippen LogP contribution is 2.44. The first kappa shape index (κ1) is 19.2. The van der Waals surface area contributed by atoms with Crippen molar-refractivity contribution in [2.24, 2.45) is 0 Å². The van der Waals surface area contributed by atoms with E-state index in [9.17, 15) is 39.9 Å². The molecule has 9 heteroatoms. The van der Waals surface area contributed by atoms with E-state index < -0.39 is 48.1 Å². The van der Waals surface area contributed by atoms with Gasteiger partial charge in [0.2, 0.25) is 0 Å². The summed E-state index contributed by atoms with van der Waals surface area (Å²) in [6.45, 7) is 1.64. The highest BCUT2D eigenvalue weighted by molar-refractivity contribution is 7.60. The zero-order chi connectivity index (χ0) is 19.0. The van der Waals surface area contributed by atoms with Gasteiger partial charge in [-0.05, 0) is 29.7 Å². The van der Waals surface area contributed by atoms with Gasteiger partial charge in [0.15, 0.2) is 5.79 Å². The fourth-order valence-electron chi connectivity index (χ4n) is 2.69. The van der Waals surface area contributed by atoms with Crippen LogP contribution in [0.5, 0.6) is 17.2 Å². The fraction of sp³-hybridized carbons (Fsp3) is 0.250. The van der Waals surface area contributed by atoms with Gasteiger partial charge in [0.05, 0.1) is 10.9 Å². The van der Waals surface area contributed by atoms with E-state index in [0.717, 1.165) is 6.07 Å². The maximum atomic E-state index is 11.6. The maximum Gasteiger partial charge on any atom is 0.356 e. The Hall–Kier alpha value is -2.09. The minimum atomic E-state index is -5.00. The molecule has 0 aliphatic carbocycles. The summed E-state index contributed by atoms with van der Waals surface area (Å²) in [6, 6.07) is 7.42. The second kappa shape index (κ2) is 6.67. The minimum Gasteiger partial charge on any atom is -0.508 e. The molecular weight excluding hydrogens is 351 g/mol. The summed E-state index contributed by atoms with van der Waals surface area (Å²) in [5.74, 6) is -4.70. The van der Waals surface area contributed by atoms with Crippen molar-refractivity contribution < 1.29 is 39.9 Å². The van der Waals surface area contributed by atoms with E-state index in [1.165, 1.54) is 12.1 Å². The Morgan fingerprint density at radius 2 is 1.56 bits per heavy atom. The summed E-state index contributed by atoms with van der Waals surface area (Å²) < 4.78 is 11.6. The molecule has 0 saturated carbocycles. The number of aromatic hydroxyl groups is 3. The molecule has 25 heavy (non-hydrogen) atoms. The van der Waals surface area contributed by atoms with Gasteiger partial charge in [-0.3, -0.25) is 4.57 Å². The molecule has 2 rings (SSSR count). The minimum absolute atomic E-state index is 0.0372. The van der Waals surface area contributed by atoms with Crippen LogP contribution in [0.25, 0.3) is 0 Å². The van der Waals surface area contributed by atoms with Crippen LogP contribution in [0.15, 0.2) is 36.4 Å². The van der Waals surface area contributed by atoms with Gasteiger partial charge >= 0.3 is 7.60 Å². The molecule has 0 spiro atoms. The lowest BCUT2D eigenvalue weighted by molar-refractivity contribution is -0.177. The van der Waals surface area contributed by atoms with Crippen LogP contribution in [0.2, 0.25) is 0 Å². The van der Waals surface area contributed by atoms with Gasteiger partial charge < -0.3 is 35.3 Å². The molecule has 2 aromatic carbocycles. The first-order valence-electron chi connectivity index (χ1n) is 7.28. The van der Waals surface area contributed by atoms with Crippen LogP contribution in [0.1, 0.15) is 30.4 Å². The standard InChI is InChI=1S/C16H19O8P/c1-9(10-2-4-11(17)5-3-10)8-16(20,21)15-13(19)6-12(18)7-14(15)25(22,23)24/h2-7,9,17-21H,8H2,1H3,(H2,22,23,24). The first-order chi connectivity index (χ1) is 11.4. The maximum absolute atomic E-state index is 11.6. The molecule has 0 aliphatic rings. The summed E-state index contributed by atoms with van der Waals surface area (Å²) in [7, 11) is -5.00. The molecule has 0 aliphatic heterocycles. The molecular formula is C16H19O8P. The van der Waals surface area contributed by atoms with Gasteiger partial charge in [-0.25, -0.2) is 0 Å². The van der Waals surface area contributed by atoms with Crippen molar-refractivity contribution in [1.82, 2.24) is 0 Å². The normalized spacial score (nSPS) is 13.6. The second-order valence-electron chi connectivity index (χ2n) is 5.92. The lowest BCUT2D eigenvalue weighted by Gasteiger charge is -2.29. The molecule has 1 atom stereocenters. The molecule has 0 saturated heterocycles. The third-order valence-corrected chi connectivity index (χ3v) is 4.83. The quantitative estimate of drug-likeness (QED) is 0.302. The molecule has 0 aromatic heterocycles. The zero-order valence-electron chi connectivity index (χ0n) is 13.2. The molecule has 0 amide bonds. The van der Waals surface area contributed by atoms with E-state index >= 15 is 0 Å². The Bertz CT molecular complexity index is 810. The summed E-state index contributed by atoms with van der Waals surface area (Å²) in [6.07, 6.45) is -0.400. The summed E-state index contributed by atoms with van der Waals surface area (Å²) in [5.41, 5.74) is -0.120. The molecule has 8 nitrogen and oxygen atoms in total. The van der Waals surface area contributed by atoms with Crippen LogP contribution in [-0.4, -0.2) is 35.3 Å². The number of rotatable bonds is 5. The van der Waals surface area contributed by atoms with E-state index in [-0.39, 0.29) is 5.75 Å². The topological polar surface area (TPSA) is 159 Å². The predicted molar refractivity (Wildman–Crippen MR) is 88.7 cm³/mol. The van der Waals surface area contributed by atoms with E-state index in [1.54, 1.807) is 19.1 Å². The Kier molecular flexibility index (Phi) is 5.13. The van der Waals surface area contributed by atoms with E-state index in [1.807, 2.05) is 0 Å². The number of phenols is 3. The second-order valence-corrected chi connectivity index (χ2v) is 7.49.